The first-order chi connectivity index (χ1) is 11.9. The topological polar surface area (TPSA) is 68.0 Å². The van der Waals surface area contributed by atoms with Crippen LogP contribution in [0.5, 0.6) is 0 Å². The Morgan fingerprint density at radius 2 is 1.84 bits per heavy atom. The predicted octanol–water partition coefficient (Wildman–Crippen LogP) is 4.93. The van der Waals surface area contributed by atoms with Gasteiger partial charge in [0.25, 0.3) is 0 Å². The van der Waals surface area contributed by atoms with E-state index in [0.717, 1.165) is 22.4 Å². The third-order valence-electron chi connectivity index (χ3n) is 4.33. The number of anilines is 3. The van der Waals surface area contributed by atoms with Crippen molar-refractivity contribution in [1.29, 1.82) is 0 Å². The second-order valence-corrected chi connectivity index (χ2v) is 7.25. The fourth-order valence-corrected chi connectivity index (χ4v) is 3.59. The molecule has 5 heteroatoms. The molecule has 0 fully saturated rings. The maximum atomic E-state index is 12.8. The van der Waals surface area contributed by atoms with E-state index >= 15 is 0 Å². The standard InChI is InChI=1S/C20H21N3OS/c1-11-8-9-15(13(3)10-11)17(24)18-19(21)23-20(25-18)22-16-7-5-6-12(2)14(16)4/h5-10H,21H2,1-4H3,(H,22,23). The minimum absolute atomic E-state index is 0.0819. The van der Waals surface area contributed by atoms with Crippen LogP contribution in [0.4, 0.5) is 16.6 Å². The van der Waals surface area contributed by atoms with E-state index in [1.165, 1.54) is 16.9 Å². The zero-order valence-corrected chi connectivity index (χ0v) is 15.6. The lowest BCUT2D eigenvalue weighted by Gasteiger charge is -2.08. The largest absolute Gasteiger partial charge is 0.382 e. The van der Waals surface area contributed by atoms with E-state index in [1.54, 1.807) is 0 Å². The number of ketones is 1. The summed E-state index contributed by atoms with van der Waals surface area (Å²) in [5.74, 6) is 0.185. The first kappa shape index (κ1) is 17.2. The smallest absolute Gasteiger partial charge is 0.207 e. The van der Waals surface area contributed by atoms with Crippen LogP contribution in [-0.2, 0) is 0 Å². The molecule has 0 spiro atoms. The van der Waals surface area contributed by atoms with Crippen LogP contribution < -0.4 is 11.1 Å². The van der Waals surface area contributed by atoms with E-state index in [2.05, 4.69) is 30.2 Å². The Hall–Kier alpha value is -2.66. The third-order valence-corrected chi connectivity index (χ3v) is 5.32. The summed E-state index contributed by atoms with van der Waals surface area (Å²) in [6, 6.07) is 11.8. The molecule has 0 aliphatic rings. The molecule has 0 amide bonds. The molecule has 0 bridgehead atoms. The maximum absolute atomic E-state index is 12.8. The Balaban J connectivity index is 1.92. The van der Waals surface area contributed by atoms with Crippen LogP contribution in [0.15, 0.2) is 36.4 Å². The van der Waals surface area contributed by atoms with Crippen molar-refractivity contribution in [2.45, 2.75) is 27.7 Å². The van der Waals surface area contributed by atoms with E-state index in [-0.39, 0.29) is 11.6 Å². The van der Waals surface area contributed by atoms with Gasteiger partial charge in [0.1, 0.15) is 10.7 Å². The molecule has 3 aromatic rings. The number of nitrogens with one attached hydrogen (secondary N) is 1. The zero-order chi connectivity index (χ0) is 18.1. The number of nitrogens with zero attached hydrogens (tertiary/aromatic N) is 1. The van der Waals surface area contributed by atoms with Gasteiger partial charge in [0.05, 0.1) is 0 Å². The van der Waals surface area contributed by atoms with Gasteiger partial charge in [-0.2, -0.15) is 0 Å². The average Bonchev–Trinajstić information content (AvgIpc) is 2.92. The Morgan fingerprint density at radius 3 is 2.56 bits per heavy atom. The van der Waals surface area contributed by atoms with E-state index in [4.69, 9.17) is 5.73 Å². The summed E-state index contributed by atoms with van der Waals surface area (Å²) in [6.07, 6.45) is 0. The van der Waals surface area contributed by atoms with Gasteiger partial charge in [-0.25, -0.2) is 4.98 Å². The highest BCUT2D eigenvalue weighted by atomic mass is 32.1. The summed E-state index contributed by atoms with van der Waals surface area (Å²) in [5, 5.41) is 3.90. The first-order valence-electron chi connectivity index (χ1n) is 8.08. The second-order valence-electron chi connectivity index (χ2n) is 6.25. The summed E-state index contributed by atoms with van der Waals surface area (Å²) in [7, 11) is 0. The molecule has 1 heterocycles. The van der Waals surface area contributed by atoms with E-state index in [1.807, 2.05) is 44.2 Å². The van der Waals surface area contributed by atoms with Crippen LogP contribution in [0.3, 0.4) is 0 Å². The number of hydrogen-bond acceptors (Lipinski definition) is 5. The quantitative estimate of drug-likeness (QED) is 0.654. The minimum Gasteiger partial charge on any atom is -0.382 e. The van der Waals surface area contributed by atoms with Crippen molar-refractivity contribution >= 4 is 33.8 Å². The number of nitrogens with two attached hydrogens (primary N) is 1. The summed E-state index contributed by atoms with van der Waals surface area (Å²) >= 11 is 1.29. The van der Waals surface area contributed by atoms with Gasteiger partial charge in [-0.1, -0.05) is 47.2 Å². The molecule has 0 radical (unpaired) electrons. The Bertz CT molecular complexity index is 960. The van der Waals surface area contributed by atoms with Gasteiger partial charge in [0.2, 0.25) is 5.78 Å². The van der Waals surface area contributed by atoms with Gasteiger partial charge in [0, 0.05) is 11.3 Å². The van der Waals surface area contributed by atoms with E-state index in [0.29, 0.717) is 15.6 Å². The SMILES string of the molecule is Cc1ccc(C(=O)c2sc(Nc3cccc(C)c3C)nc2N)c(C)c1. The van der Waals surface area contributed by atoms with E-state index < -0.39 is 0 Å². The molecule has 4 nitrogen and oxygen atoms in total. The monoisotopic (exact) mass is 351 g/mol. The van der Waals surface area contributed by atoms with Gasteiger partial charge >= 0.3 is 0 Å². The Labute approximate surface area is 151 Å². The van der Waals surface area contributed by atoms with Crippen LogP contribution >= 0.6 is 11.3 Å². The lowest BCUT2D eigenvalue weighted by Crippen LogP contribution is -2.04. The molecule has 0 aliphatic carbocycles. The van der Waals surface area contributed by atoms with Gasteiger partial charge < -0.3 is 11.1 Å². The Kier molecular flexibility index (Phi) is 4.59. The number of aromatic nitrogens is 1. The number of nitrogen functional groups attached to an aromatic ring is 1. The number of hydrogen-bond donors (Lipinski definition) is 2. The van der Waals surface area contributed by atoms with Crippen molar-refractivity contribution in [2.75, 3.05) is 11.1 Å². The molecule has 0 aliphatic heterocycles. The minimum atomic E-state index is -0.0819. The van der Waals surface area contributed by atoms with Crippen molar-refractivity contribution in [2.24, 2.45) is 0 Å². The number of rotatable bonds is 4. The van der Waals surface area contributed by atoms with Crippen molar-refractivity contribution in [3.8, 4) is 0 Å². The predicted molar refractivity (Wildman–Crippen MR) is 105 cm³/mol. The van der Waals surface area contributed by atoms with Gasteiger partial charge in [-0.3, -0.25) is 4.79 Å². The van der Waals surface area contributed by atoms with Gasteiger partial charge in [-0.15, -0.1) is 0 Å². The normalized spacial score (nSPS) is 10.7. The van der Waals surface area contributed by atoms with Crippen LogP contribution in [0.25, 0.3) is 0 Å². The molecule has 1 aromatic heterocycles. The maximum Gasteiger partial charge on any atom is 0.207 e. The lowest BCUT2D eigenvalue weighted by molar-refractivity contribution is 0.104. The number of thiazole rings is 1. The van der Waals surface area contributed by atoms with Gasteiger partial charge in [-0.05, 0) is 50.5 Å². The summed E-state index contributed by atoms with van der Waals surface area (Å²) < 4.78 is 0. The number of aryl methyl sites for hydroxylation is 3. The first-order valence-corrected chi connectivity index (χ1v) is 8.90. The number of carbonyl (C=O) groups excluding carboxylic acids is 1. The Morgan fingerprint density at radius 1 is 1.08 bits per heavy atom. The highest BCUT2D eigenvalue weighted by molar-refractivity contribution is 7.18. The van der Waals surface area contributed by atoms with Crippen LogP contribution in [-0.4, -0.2) is 10.8 Å². The summed E-state index contributed by atoms with van der Waals surface area (Å²) in [6.45, 7) is 8.06. The molecule has 3 N–H and O–H groups in total. The highest BCUT2D eigenvalue weighted by Gasteiger charge is 2.20. The fraction of sp³-hybridized carbons (Fsp3) is 0.200. The molecule has 2 aromatic carbocycles. The second kappa shape index (κ2) is 6.69. The molecular formula is C20H21N3OS. The average molecular weight is 351 g/mol. The van der Waals surface area contributed by atoms with Crippen LogP contribution in [0.2, 0.25) is 0 Å². The number of benzene rings is 2. The molecule has 128 valence electrons. The highest BCUT2D eigenvalue weighted by Crippen LogP contribution is 2.31. The molecule has 0 unspecified atom stereocenters. The molecule has 0 atom stereocenters. The van der Waals surface area contributed by atoms with Gasteiger partial charge in [0.15, 0.2) is 5.13 Å². The molecule has 0 saturated heterocycles. The van der Waals surface area contributed by atoms with Crippen molar-refractivity contribution in [3.63, 3.8) is 0 Å². The zero-order valence-electron chi connectivity index (χ0n) is 14.8. The fourth-order valence-electron chi connectivity index (χ4n) is 2.74. The third kappa shape index (κ3) is 3.42. The molecule has 0 saturated carbocycles. The van der Waals surface area contributed by atoms with Crippen molar-refractivity contribution < 1.29 is 4.79 Å². The number of carbonyl (C=O) groups is 1. The van der Waals surface area contributed by atoms with Crippen molar-refractivity contribution in [1.82, 2.24) is 4.98 Å². The summed E-state index contributed by atoms with van der Waals surface area (Å²) in [5.41, 5.74) is 12.1. The molecule has 25 heavy (non-hydrogen) atoms. The summed E-state index contributed by atoms with van der Waals surface area (Å²) in [4.78, 5) is 17.7. The molecular weight excluding hydrogens is 330 g/mol. The van der Waals surface area contributed by atoms with Crippen LogP contribution in [0, 0.1) is 27.7 Å². The van der Waals surface area contributed by atoms with Crippen molar-refractivity contribution in [3.05, 3.63) is 69.1 Å². The van der Waals surface area contributed by atoms with Crippen LogP contribution in [0.1, 0.15) is 37.5 Å². The lowest BCUT2D eigenvalue weighted by atomic mass is 10.0. The molecule has 3 rings (SSSR count). The van der Waals surface area contributed by atoms with E-state index in [9.17, 15) is 4.79 Å².